The molecule has 0 atom stereocenters. The lowest BCUT2D eigenvalue weighted by atomic mass is 10.3. The second-order valence-corrected chi connectivity index (χ2v) is 8.22. The summed E-state index contributed by atoms with van der Waals surface area (Å²) in [6, 6.07) is 6.67. The standard InChI is InChI=1S/C14H20BrN3O3S/c15-12-1-3-13(4-2-12)22(20,21)10-9-17-5-7-18(8-6-17)14(19)11-16/h1-4H,5-11,16H2. The van der Waals surface area contributed by atoms with E-state index in [0.29, 0.717) is 37.6 Å². The third-order valence-electron chi connectivity index (χ3n) is 3.75. The van der Waals surface area contributed by atoms with Gasteiger partial charge in [0.1, 0.15) is 0 Å². The second-order valence-electron chi connectivity index (χ2n) is 5.20. The van der Waals surface area contributed by atoms with E-state index in [1.54, 1.807) is 29.2 Å². The molecule has 122 valence electrons. The molecule has 1 aliphatic heterocycles. The number of nitrogens with zero attached hydrogens (tertiary/aromatic N) is 2. The van der Waals surface area contributed by atoms with Gasteiger partial charge < -0.3 is 10.6 Å². The quantitative estimate of drug-likeness (QED) is 0.783. The monoisotopic (exact) mass is 389 g/mol. The largest absolute Gasteiger partial charge is 0.339 e. The Labute approximate surface area is 139 Å². The molecule has 1 aliphatic rings. The van der Waals surface area contributed by atoms with E-state index < -0.39 is 9.84 Å². The van der Waals surface area contributed by atoms with Gasteiger partial charge in [0.25, 0.3) is 0 Å². The van der Waals surface area contributed by atoms with Crippen LogP contribution in [-0.2, 0) is 14.6 Å². The van der Waals surface area contributed by atoms with Crippen LogP contribution in [0.2, 0.25) is 0 Å². The first-order chi connectivity index (χ1) is 10.4. The highest BCUT2D eigenvalue weighted by Crippen LogP contribution is 2.16. The number of sulfone groups is 1. The van der Waals surface area contributed by atoms with Crippen LogP contribution in [-0.4, -0.2) is 69.1 Å². The van der Waals surface area contributed by atoms with Gasteiger partial charge in [0, 0.05) is 37.2 Å². The summed E-state index contributed by atoms with van der Waals surface area (Å²) in [6.45, 7) is 3.08. The smallest absolute Gasteiger partial charge is 0.236 e. The van der Waals surface area contributed by atoms with E-state index in [1.165, 1.54) is 0 Å². The topological polar surface area (TPSA) is 83.7 Å². The van der Waals surface area contributed by atoms with Crippen molar-refractivity contribution in [3.63, 3.8) is 0 Å². The zero-order valence-electron chi connectivity index (χ0n) is 12.2. The van der Waals surface area contributed by atoms with E-state index in [4.69, 9.17) is 5.73 Å². The molecule has 22 heavy (non-hydrogen) atoms. The highest BCUT2D eigenvalue weighted by Gasteiger charge is 2.22. The maximum absolute atomic E-state index is 12.3. The van der Waals surface area contributed by atoms with Crippen molar-refractivity contribution in [3.8, 4) is 0 Å². The Morgan fingerprint density at radius 2 is 1.73 bits per heavy atom. The van der Waals surface area contributed by atoms with Crippen LogP contribution in [0.4, 0.5) is 0 Å². The van der Waals surface area contributed by atoms with Crippen LogP contribution in [0.25, 0.3) is 0 Å². The third kappa shape index (κ3) is 4.52. The highest BCUT2D eigenvalue weighted by atomic mass is 79.9. The first-order valence-corrected chi connectivity index (χ1v) is 9.55. The van der Waals surface area contributed by atoms with Gasteiger partial charge in [0.2, 0.25) is 5.91 Å². The maximum atomic E-state index is 12.3. The summed E-state index contributed by atoms with van der Waals surface area (Å²) in [5.41, 5.74) is 5.34. The van der Waals surface area contributed by atoms with Crippen LogP contribution >= 0.6 is 15.9 Å². The van der Waals surface area contributed by atoms with Gasteiger partial charge in [-0.15, -0.1) is 0 Å². The fraction of sp³-hybridized carbons (Fsp3) is 0.500. The predicted molar refractivity (Wildman–Crippen MR) is 88.3 cm³/mol. The molecule has 0 spiro atoms. The number of hydrogen-bond donors (Lipinski definition) is 1. The van der Waals surface area contributed by atoms with Crippen LogP contribution < -0.4 is 5.73 Å². The lowest BCUT2D eigenvalue weighted by Gasteiger charge is -2.34. The molecule has 1 fully saturated rings. The molecule has 6 nitrogen and oxygen atoms in total. The number of halogens is 1. The molecule has 1 heterocycles. The minimum absolute atomic E-state index is 0.0257. The van der Waals surface area contributed by atoms with Crippen molar-refractivity contribution in [2.75, 3.05) is 45.0 Å². The van der Waals surface area contributed by atoms with Gasteiger partial charge in [-0.3, -0.25) is 9.69 Å². The van der Waals surface area contributed by atoms with Crippen LogP contribution in [0.5, 0.6) is 0 Å². The molecule has 0 bridgehead atoms. The lowest BCUT2D eigenvalue weighted by molar-refractivity contribution is -0.131. The number of nitrogens with two attached hydrogens (primary N) is 1. The summed E-state index contributed by atoms with van der Waals surface area (Å²) in [5.74, 6) is 0.0292. The normalized spacial score (nSPS) is 16.7. The fourth-order valence-corrected chi connectivity index (χ4v) is 3.91. The van der Waals surface area contributed by atoms with Crippen molar-refractivity contribution in [2.24, 2.45) is 5.73 Å². The summed E-state index contributed by atoms with van der Waals surface area (Å²) in [7, 11) is -3.27. The third-order valence-corrected chi connectivity index (χ3v) is 5.99. The Kier molecular flexibility index (Phi) is 5.96. The van der Waals surface area contributed by atoms with Crippen molar-refractivity contribution in [1.82, 2.24) is 9.80 Å². The molecule has 2 N–H and O–H groups in total. The maximum Gasteiger partial charge on any atom is 0.236 e. The van der Waals surface area contributed by atoms with E-state index in [-0.39, 0.29) is 18.2 Å². The number of rotatable bonds is 5. The lowest BCUT2D eigenvalue weighted by Crippen LogP contribution is -2.51. The van der Waals surface area contributed by atoms with Gasteiger partial charge >= 0.3 is 0 Å². The summed E-state index contributed by atoms with van der Waals surface area (Å²) < 4.78 is 25.4. The van der Waals surface area contributed by atoms with Gasteiger partial charge in [-0.25, -0.2) is 8.42 Å². The van der Waals surface area contributed by atoms with Gasteiger partial charge in [-0.2, -0.15) is 0 Å². The van der Waals surface area contributed by atoms with E-state index in [0.717, 1.165) is 4.47 Å². The van der Waals surface area contributed by atoms with Gasteiger partial charge in [-0.1, -0.05) is 15.9 Å². The average molecular weight is 390 g/mol. The van der Waals surface area contributed by atoms with Crippen molar-refractivity contribution >= 4 is 31.7 Å². The van der Waals surface area contributed by atoms with E-state index in [1.807, 2.05) is 0 Å². The molecule has 0 radical (unpaired) electrons. The number of carbonyl (C=O) groups is 1. The first-order valence-electron chi connectivity index (χ1n) is 7.11. The second kappa shape index (κ2) is 7.54. The van der Waals surface area contributed by atoms with Gasteiger partial charge in [0.15, 0.2) is 9.84 Å². The van der Waals surface area contributed by atoms with Gasteiger partial charge in [-0.05, 0) is 24.3 Å². The summed E-state index contributed by atoms with van der Waals surface area (Å²) in [6.07, 6.45) is 0. The summed E-state index contributed by atoms with van der Waals surface area (Å²) >= 11 is 3.29. The van der Waals surface area contributed by atoms with Crippen LogP contribution in [0.15, 0.2) is 33.6 Å². The zero-order valence-corrected chi connectivity index (χ0v) is 14.6. The Bertz CT molecular complexity index is 611. The molecule has 0 unspecified atom stereocenters. The molecule has 1 amide bonds. The first kappa shape index (κ1) is 17.4. The molecule has 2 rings (SSSR count). The number of benzene rings is 1. The Hall–Kier alpha value is -0.960. The van der Waals surface area contributed by atoms with Crippen molar-refractivity contribution in [1.29, 1.82) is 0 Å². The zero-order chi connectivity index (χ0) is 16.2. The molecule has 8 heteroatoms. The van der Waals surface area contributed by atoms with Crippen LogP contribution in [0.3, 0.4) is 0 Å². The molecule has 0 aliphatic carbocycles. The Balaban J connectivity index is 1.86. The van der Waals surface area contributed by atoms with Crippen molar-refractivity contribution in [3.05, 3.63) is 28.7 Å². The molecule has 1 aromatic rings. The predicted octanol–water partition coefficient (Wildman–Crippen LogP) is 0.326. The van der Waals surface area contributed by atoms with Crippen LogP contribution in [0.1, 0.15) is 0 Å². The molecular formula is C14H20BrN3O3S. The number of amides is 1. The Morgan fingerprint density at radius 1 is 1.14 bits per heavy atom. The molecule has 1 saturated heterocycles. The minimum Gasteiger partial charge on any atom is -0.339 e. The highest BCUT2D eigenvalue weighted by molar-refractivity contribution is 9.10. The molecule has 0 saturated carbocycles. The summed E-state index contributed by atoms with van der Waals surface area (Å²) in [4.78, 5) is 15.6. The summed E-state index contributed by atoms with van der Waals surface area (Å²) in [5, 5.41) is 0. The SMILES string of the molecule is NCC(=O)N1CCN(CCS(=O)(=O)c2ccc(Br)cc2)CC1. The molecular weight excluding hydrogens is 370 g/mol. The molecule has 1 aromatic carbocycles. The fourth-order valence-electron chi connectivity index (χ4n) is 2.36. The van der Waals surface area contributed by atoms with E-state index in [9.17, 15) is 13.2 Å². The van der Waals surface area contributed by atoms with Gasteiger partial charge in [0.05, 0.1) is 17.2 Å². The molecule has 0 aromatic heterocycles. The number of carbonyl (C=O) groups excluding carboxylic acids is 1. The van der Waals surface area contributed by atoms with E-state index >= 15 is 0 Å². The minimum atomic E-state index is -3.27. The van der Waals surface area contributed by atoms with Crippen LogP contribution in [0, 0.1) is 0 Å². The van der Waals surface area contributed by atoms with E-state index in [2.05, 4.69) is 20.8 Å². The average Bonchev–Trinajstić information content (AvgIpc) is 2.53. The number of hydrogen-bond acceptors (Lipinski definition) is 5. The van der Waals surface area contributed by atoms with Crippen molar-refractivity contribution in [2.45, 2.75) is 4.90 Å². The Morgan fingerprint density at radius 3 is 2.27 bits per heavy atom. The van der Waals surface area contributed by atoms with Crippen molar-refractivity contribution < 1.29 is 13.2 Å². The number of piperazine rings is 1.